The number of thiazole rings is 1. The molecule has 6 heteroatoms. The van der Waals surface area contributed by atoms with E-state index in [1.165, 1.54) is 11.3 Å². The average molecular weight is 282 g/mol. The number of carbonyl (C=O) groups excluding carboxylic acids is 1. The van der Waals surface area contributed by atoms with Gasteiger partial charge in [-0.25, -0.2) is 4.98 Å². The number of nitrogens with one attached hydrogen (secondary N) is 1. The van der Waals surface area contributed by atoms with Gasteiger partial charge in [0.05, 0.1) is 11.8 Å². The lowest BCUT2D eigenvalue weighted by molar-refractivity contribution is -0.145. The summed E-state index contributed by atoms with van der Waals surface area (Å²) in [6.45, 7) is 3.95. The van der Waals surface area contributed by atoms with Crippen LogP contribution in [0.4, 0.5) is 5.13 Å². The number of nitrogens with zero attached hydrogens (tertiary/aromatic N) is 1. The summed E-state index contributed by atoms with van der Waals surface area (Å²) in [5, 5.41) is 12.5. The van der Waals surface area contributed by atoms with E-state index < -0.39 is 17.8 Å². The number of carboxylic acids is 1. The molecule has 0 aromatic carbocycles. The zero-order valence-corrected chi connectivity index (χ0v) is 11.9. The second-order valence-electron chi connectivity index (χ2n) is 5.06. The minimum atomic E-state index is -0.869. The number of carbonyl (C=O) groups is 2. The lowest BCUT2D eigenvalue weighted by Gasteiger charge is -2.14. The second kappa shape index (κ2) is 5.69. The first-order chi connectivity index (χ1) is 9.01. The molecule has 1 saturated carbocycles. The molecule has 1 unspecified atom stereocenters. The molecule has 104 valence electrons. The molecule has 1 amide bonds. The van der Waals surface area contributed by atoms with Gasteiger partial charge in [0.1, 0.15) is 0 Å². The summed E-state index contributed by atoms with van der Waals surface area (Å²) in [5.41, 5.74) is 0. The molecule has 0 radical (unpaired) electrons. The Balaban J connectivity index is 2.06. The fourth-order valence-electron chi connectivity index (χ4n) is 2.65. The van der Waals surface area contributed by atoms with Crippen LogP contribution in [0.2, 0.25) is 0 Å². The van der Waals surface area contributed by atoms with Crippen LogP contribution in [-0.2, 0) is 9.59 Å². The number of amides is 1. The summed E-state index contributed by atoms with van der Waals surface area (Å²) >= 11 is 1.40. The van der Waals surface area contributed by atoms with Crippen LogP contribution >= 0.6 is 11.3 Å². The third kappa shape index (κ3) is 3.12. The number of aromatic nitrogens is 1. The van der Waals surface area contributed by atoms with Crippen molar-refractivity contribution in [3.8, 4) is 0 Å². The third-order valence-electron chi connectivity index (χ3n) is 3.74. The molecule has 19 heavy (non-hydrogen) atoms. The molecule has 1 fully saturated rings. The van der Waals surface area contributed by atoms with E-state index in [1.54, 1.807) is 6.20 Å². The Bertz CT molecular complexity index is 486. The maximum atomic E-state index is 12.2. The Morgan fingerprint density at radius 3 is 2.68 bits per heavy atom. The second-order valence-corrected chi connectivity index (χ2v) is 6.30. The minimum Gasteiger partial charge on any atom is -0.481 e. The standard InChI is InChI=1S/C13H18N2O3S/c1-3-8-4-9(10(5-8)12(17)18)11(16)15-13-14-6-7(2)19-13/h6,8-10H,3-5H2,1-2H3,(H,17,18)(H,14,15,16)/t8?,9-,10+/m0/s1. The summed E-state index contributed by atoms with van der Waals surface area (Å²) < 4.78 is 0. The van der Waals surface area contributed by atoms with Crippen molar-refractivity contribution in [2.24, 2.45) is 17.8 Å². The van der Waals surface area contributed by atoms with E-state index in [1.807, 2.05) is 13.8 Å². The van der Waals surface area contributed by atoms with Crippen molar-refractivity contribution < 1.29 is 14.7 Å². The predicted molar refractivity (Wildman–Crippen MR) is 73.1 cm³/mol. The molecular weight excluding hydrogens is 264 g/mol. The Labute approximate surface area is 116 Å². The summed E-state index contributed by atoms with van der Waals surface area (Å²) in [4.78, 5) is 28.5. The van der Waals surface area contributed by atoms with Crippen LogP contribution in [0.5, 0.6) is 0 Å². The van der Waals surface area contributed by atoms with Gasteiger partial charge in [0, 0.05) is 11.1 Å². The van der Waals surface area contributed by atoms with Crippen molar-refractivity contribution in [3.05, 3.63) is 11.1 Å². The molecule has 3 atom stereocenters. The van der Waals surface area contributed by atoms with E-state index in [2.05, 4.69) is 10.3 Å². The highest BCUT2D eigenvalue weighted by Crippen LogP contribution is 2.39. The summed E-state index contributed by atoms with van der Waals surface area (Å²) in [6, 6.07) is 0. The van der Waals surface area contributed by atoms with Crippen molar-refractivity contribution in [1.29, 1.82) is 0 Å². The molecule has 2 rings (SSSR count). The van der Waals surface area contributed by atoms with E-state index in [0.29, 0.717) is 23.9 Å². The molecule has 1 heterocycles. The van der Waals surface area contributed by atoms with Gasteiger partial charge in [-0.15, -0.1) is 11.3 Å². The number of hydrogen-bond acceptors (Lipinski definition) is 4. The first-order valence-corrected chi connectivity index (χ1v) is 7.29. The molecule has 0 bridgehead atoms. The fourth-order valence-corrected chi connectivity index (χ4v) is 3.32. The van der Waals surface area contributed by atoms with E-state index in [9.17, 15) is 14.7 Å². The normalized spacial score (nSPS) is 26.3. The maximum Gasteiger partial charge on any atom is 0.307 e. The van der Waals surface area contributed by atoms with E-state index in [0.717, 1.165) is 11.3 Å². The predicted octanol–water partition coefficient (Wildman–Crippen LogP) is 2.53. The number of rotatable bonds is 4. The van der Waals surface area contributed by atoms with Crippen LogP contribution in [0.25, 0.3) is 0 Å². The number of aliphatic carboxylic acids is 1. The maximum absolute atomic E-state index is 12.2. The Kier molecular flexibility index (Phi) is 4.19. The van der Waals surface area contributed by atoms with Crippen molar-refractivity contribution in [3.63, 3.8) is 0 Å². The highest BCUT2D eigenvalue weighted by molar-refractivity contribution is 7.15. The van der Waals surface area contributed by atoms with Crippen LogP contribution < -0.4 is 5.32 Å². The SMILES string of the molecule is CCC1C[C@H](C(=O)Nc2ncc(C)s2)[C@H](C(=O)O)C1. The van der Waals surface area contributed by atoms with Crippen molar-refractivity contribution >= 4 is 28.3 Å². The Morgan fingerprint density at radius 2 is 2.16 bits per heavy atom. The van der Waals surface area contributed by atoms with Gasteiger partial charge < -0.3 is 10.4 Å². The van der Waals surface area contributed by atoms with Crippen molar-refractivity contribution in [2.75, 3.05) is 5.32 Å². The molecule has 1 aliphatic carbocycles. The number of aryl methyl sites for hydroxylation is 1. The molecule has 0 saturated heterocycles. The Hall–Kier alpha value is -1.43. The Morgan fingerprint density at radius 1 is 1.47 bits per heavy atom. The minimum absolute atomic E-state index is 0.210. The third-order valence-corrected chi connectivity index (χ3v) is 4.57. The largest absolute Gasteiger partial charge is 0.481 e. The molecule has 2 N–H and O–H groups in total. The zero-order chi connectivity index (χ0) is 14.0. The van der Waals surface area contributed by atoms with Gasteiger partial charge in [0.2, 0.25) is 5.91 Å². The summed E-state index contributed by atoms with van der Waals surface area (Å²) in [6.07, 6.45) is 3.87. The van der Waals surface area contributed by atoms with Gasteiger partial charge in [-0.2, -0.15) is 0 Å². The van der Waals surface area contributed by atoms with Gasteiger partial charge in [-0.3, -0.25) is 9.59 Å². The number of hydrogen-bond donors (Lipinski definition) is 2. The molecule has 0 aliphatic heterocycles. The quantitative estimate of drug-likeness (QED) is 0.889. The van der Waals surface area contributed by atoms with Crippen LogP contribution in [0.1, 0.15) is 31.1 Å². The molecule has 1 aromatic heterocycles. The average Bonchev–Trinajstić information content (AvgIpc) is 2.95. The first-order valence-electron chi connectivity index (χ1n) is 6.47. The van der Waals surface area contributed by atoms with Crippen LogP contribution in [0, 0.1) is 24.7 Å². The summed E-state index contributed by atoms with van der Waals surface area (Å²) in [7, 11) is 0. The van der Waals surface area contributed by atoms with Crippen LogP contribution in [0.3, 0.4) is 0 Å². The van der Waals surface area contributed by atoms with E-state index >= 15 is 0 Å². The van der Waals surface area contributed by atoms with Gasteiger partial charge >= 0.3 is 5.97 Å². The molecular formula is C13H18N2O3S. The molecule has 0 spiro atoms. The zero-order valence-electron chi connectivity index (χ0n) is 11.0. The van der Waals surface area contributed by atoms with Gasteiger partial charge in [0.25, 0.3) is 0 Å². The lowest BCUT2D eigenvalue weighted by atomic mass is 9.95. The highest BCUT2D eigenvalue weighted by Gasteiger charge is 2.42. The molecule has 5 nitrogen and oxygen atoms in total. The van der Waals surface area contributed by atoms with Gasteiger partial charge in [-0.05, 0) is 25.7 Å². The number of carboxylic acid groups (broad SMARTS) is 1. The topological polar surface area (TPSA) is 79.3 Å². The summed E-state index contributed by atoms with van der Waals surface area (Å²) in [5.74, 6) is -1.75. The lowest BCUT2D eigenvalue weighted by Crippen LogP contribution is -2.29. The van der Waals surface area contributed by atoms with E-state index in [-0.39, 0.29) is 5.91 Å². The van der Waals surface area contributed by atoms with Crippen molar-refractivity contribution in [2.45, 2.75) is 33.1 Å². The number of anilines is 1. The fraction of sp³-hybridized carbons (Fsp3) is 0.615. The first kappa shape index (κ1) is 14.0. The van der Waals surface area contributed by atoms with Crippen LogP contribution in [0.15, 0.2) is 6.20 Å². The molecule has 1 aliphatic rings. The van der Waals surface area contributed by atoms with Gasteiger partial charge in [0.15, 0.2) is 5.13 Å². The highest BCUT2D eigenvalue weighted by atomic mass is 32.1. The van der Waals surface area contributed by atoms with Gasteiger partial charge in [-0.1, -0.05) is 13.3 Å². The van der Waals surface area contributed by atoms with Crippen molar-refractivity contribution in [1.82, 2.24) is 4.98 Å². The monoisotopic (exact) mass is 282 g/mol. The van der Waals surface area contributed by atoms with E-state index in [4.69, 9.17) is 0 Å². The smallest absolute Gasteiger partial charge is 0.307 e. The molecule has 1 aromatic rings. The van der Waals surface area contributed by atoms with Crippen LogP contribution in [-0.4, -0.2) is 22.0 Å².